The molecule has 3 heteroatoms. The third kappa shape index (κ3) is 3.90. The van der Waals surface area contributed by atoms with Crippen molar-refractivity contribution in [3.05, 3.63) is 29.8 Å². The summed E-state index contributed by atoms with van der Waals surface area (Å²) < 4.78 is 0. The number of nitrogens with one attached hydrogen (secondary N) is 2. The van der Waals surface area contributed by atoms with Gasteiger partial charge in [-0.2, -0.15) is 0 Å². The Morgan fingerprint density at radius 2 is 1.56 bits per heavy atom. The Kier molecular flexibility index (Phi) is 5.51. The first-order valence-electron chi connectivity index (χ1n) is 11.2. The average molecular weight is 385 g/mol. The molecular weight excluding hydrogens is 348 g/mol. The Bertz CT molecular complexity index is 630. The maximum absolute atomic E-state index is 5.72. The molecule has 2 nitrogen and oxygen atoms in total. The molecule has 4 bridgehead atoms. The maximum atomic E-state index is 5.72. The lowest BCUT2D eigenvalue weighted by Crippen LogP contribution is -2.57. The Hall–Kier alpha value is -1.09. The van der Waals surface area contributed by atoms with Gasteiger partial charge < -0.3 is 10.6 Å². The molecule has 4 saturated carbocycles. The van der Waals surface area contributed by atoms with Gasteiger partial charge in [-0.1, -0.05) is 32.9 Å². The van der Waals surface area contributed by atoms with E-state index in [1.54, 1.807) is 0 Å². The van der Waals surface area contributed by atoms with Crippen LogP contribution in [0.1, 0.15) is 83.6 Å². The molecule has 1 aromatic rings. The van der Waals surface area contributed by atoms with Crippen molar-refractivity contribution in [3.63, 3.8) is 0 Å². The first-order chi connectivity index (χ1) is 13.0. The second-order valence-electron chi connectivity index (χ2n) is 9.77. The van der Waals surface area contributed by atoms with E-state index in [4.69, 9.17) is 12.2 Å². The normalized spacial score (nSPS) is 33.5. The van der Waals surface area contributed by atoms with Crippen LogP contribution in [-0.4, -0.2) is 11.2 Å². The van der Waals surface area contributed by atoms with Gasteiger partial charge in [0, 0.05) is 11.7 Å². The van der Waals surface area contributed by atoms with E-state index in [9.17, 15) is 0 Å². The number of anilines is 1. The van der Waals surface area contributed by atoms with Crippen molar-refractivity contribution in [2.75, 3.05) is 5.32 Å². The summed E-state index contributed by atoms with van der Waals surface area (Å²) >= 11 is 5.72. The fraction of sp³-hybridized carbons (Fsp3) is 0.708. The summed E-state index contributed by atoms with van der Waals surface area (Å²) in [6, 6.07) is 9.32. The molecule has 4 aliphatic rings. The summed E-state index contributed by atoms with van der Waals surface area (Å²) in [5.41, 5.74) is 3.00. The highest BCUT2D eigenvalue weighted by molar-refractivity contribution is 7.80. The van der Waals surface area contributed by atoms with E-state index in [0.29, 0.717) is 17.4 Å². The van der Waals surface area contributed by atoms with Crippen LogP contribution >= 0.6 is 12.2 Å². The van der Waals surface area contributed by atoms with Gasteiger partial charge in [0.15, 0.2) is 5.11 Å². The quantitative estimate of drug-likeness (QED) is 0.549. The van der Waals surface area contributed by atoms with Crippen molar-refractivity contribution >= 4 is 23.0 Å². The van der Waals surface area contributed by atoms with Crippen LogP contribution in [0.3, 0.4) is 0 Å². The van der Waals surface area contributed by atoms with Crippen molar-refractivity contribution in [1.29, 1.82) is 0 Å². The summed E-state index contributed by atoms with van der Waals surface area (Å²) in [6.07, 6.45) is 11.1. The van der Waals surface area contributed by atoms with Gasteiger partial charge in [0.2, 0.25) is 0 Å². The molecule has 2 atom stereocenters. The molecule has 0 radical (unpaired) electrons. The molecular formula is C24H36N2S. The first-order valence-corrected chi connectivity index (χ1v) is 11.6. The molecule has 4 fully saturated rings. The minimum absolute atomic E-state index is 0.496. The lowest BCUT2D eigenvalue weighted by Gasteiger charge is -2.59. The SMILES string of the molecule is CCC(C)c1ccc(NC(=S)NC(CC)C23CC4CC(CC(C4)C2)C3)cc1. The molecule has 5 rings (SSSR count). The highest BCUT2D eigenvalue weighted by atomic mass is 32.1. The zero-order valence-corrected chi connectivity index (χ0v) is 18.1. The van der Waals surface area contributed by atoms with E-state index < -0.39 is 0 Å². The predicted molar refractivity (Wildman–Crippen MR) is 119 cm³/mol. The molecule has 27 heavy (non-hydrogen) atoms. The van der Waals surface area contributed by atoms with Gasteiger partial charge in [-0.25, -0.2) is 0 Å². The number of rotatable bonds is 6. The van der Waals surface area contributed by atoms with Crippen LogP contribution in [-0.2, 0) is 0 Å². The van der Waals surface area contributed by atoms with E-state index in [1.165, 1.54) is 56.9 Å². The van der Waals surface area contributed by atoms with E-state index in [-0.39, 0.29) is 0 Å². The molecule has 148 valence electrons. The Morgan fingerprint density at radius 3 is 2.04 bits per heavy atom. The number of benzene rings is 1. The van der Waals surface area contributed by atoms with Crippen LogP contribution in [0.2, 0.25) is 0 Å². The largest absolute Gasteiger partial charge is 0.359 e. The summed E-state index contributed by atoms with van der Waals surface area (Å²) in [4.78, 5) is 0. The monoisotopic (exact) mass is 384 g/mol. The van der Waals surface area contributed by atoms with Crippen molar-refractivity contribution in [2.45, 2.75) is 84.1 Å². The molecule has 0 aliphatic heterocycles. The minimum Gasteiger partial charge on any atom is -0.359 e. The van der Waals surface area contributed by atoms with Gasteiger partial charge in [-0.3, -0.25) is 0 Å². The zero-order valence-electron chi connectivity index (χ0n) is 17.3. The first kappa shape index (κ1) is 19.2. The van der Waals surface area contributed by atoms with Gasteiger partial charge in [-0.15, -0.1) is 0 Å². The number of hydrogen-bond donors (Lipinski definition) is 2. The van der Waals surface area contributed by atoms with Crippen molar-refractivity contribution in [2.24, 2.45) is 23.2 Å². The van der Waals surface area contributed by atoms with Crippen LogP contribution in [0.4, 0.5) is 5.69 Å². The van der Waals surface area contributed by atoms with Crippen LogP contribution in [0, 0.1) is 23.2 Å². The molecule has 0 amide bonds. The molecule has 0 aromatic heterocycles. The second-order valence-corrected chi connectivity index (χ2v) is 10.2. The molecule has 0 saturated heterocycles. The smallest absolute Gasteiger partial charge is 0.171 e. The summed E-state index contributed by atoms with van der Waals surface area (Å²) in [7, 11) is 0. The molecule has 0 spiro atoms. The summed E-state index contributed by atoms with van der Waals surface area (Å²) in [5, 5.41) is 7.98. The highest BCUT2D eigenvalue weighted by Gasteiger charge is 2.53. The molecule has 0 heterocycles. The molecule has 4 aliphatic carbocycles. The van der Waals surface area contributed by atoms with Crippen molar-refractivity contribution < 1.29 is 0 Å². The lowest BCUT2D eigenvalue weighted by molar-refractivity contribution is -0.0709. The number of thiocarbonyl (C=S) groups is 1. The third-order valence-electron chi connectivity index (χ3n) is 7.89. The highest BCUT2D eigenvalue weighted by Crippen LogP contribution is 2.61. The van der Waals surface area contributed by atoms with Crippen LogP contribution in [0.15, 0.2) is 24.3 Å². The predicted octanol–water partition coefficient (Wildman–Crippen LogP) is 6.48. The van der Waals surface area contributed by atoms with Gasteiger partial charge in [0.25, 0.3) is 0 Å². The second kappa shape index (κ2) is 7.73. The molecule has 2 N–H and O–H groups in total. The van der Waals surface area contributed by atoms with Gasteiger partial charge in [-0.05, 0) is 110 Å². The lowest BCUT2D eigenvalue weighted by atomic mass is 9.47. The van der Waals surface area contributed by atoms with E-state index in [0.717, 1.165) is 28.6 Å². The minimum atomic E-state index is 0.496. The van der Waals surface area contributed by atoms with Crippen LogP contribution in [0.5, 0.6) is 0 Å². The Labute approximate surface area is 170 Å². The Morgan fingerprint density at radius 1 is 1.00 bits per heavy atom. The molecule has 1 aromatic carbocycles. The van der Waals surface area contributed by atoms with Gasteiger partial charge in [0.05, 0.1) is 0 Å². The maximum Gasteiger partial charge on any atom is 0.171 e. The number of hydrogen-bond acceptors (Lipinski definition) is 1. The topological polar surface area (TPSA) is 24.1 Å². The fourth-order valence-electron chi connectivity index (χ4n) is 6.75. The van der Waals surface area contributed by atoms with Crippen LogP contribution in [0.25, 0.3) is 0 Å². The fourth-order valence-corrected chi connectivity index (χ4v) is 7.01. The van der Waals surface area contributed by atoms with Gasteiger partial charge in [0.1, 0.15) is 0 Å². The van der Waals surface area contributed by atoms with E-state index in [1.807, 2.05) is 0 Å². The van der Waals surface area contributed by atoms with E-state index in [2.05, 4.69) is 55.7 Å². The van der Waals surface area contributed by atoms with E-state index >= 15 is 0 Å². The van der Waals surface area contributed by atoms with Crippen molar-refractivity contribution in [3.8, 4) is 0 Å². The molecule has 2 unspecified atom stereocenters. The Balaban J connectivity index is 1.39. The standard InChI is InChI=1S/C24H36N2S/c1-4-16(3)20-6-8-21(9-7-20)25-23(27)26-22(5-2)24-13-17-10-18(14-24)12-19(11-17)15-24/h6-9,16-19,22H,4-5,10-15H2,1-3H3,(H2,25,26,27). The zero-order chi connectivity index (χ0) is 19.0. The van der Waals surface area contributed by atoms with Crippen molar-refractivity contribution in [1.82, 2.24) is 5.32 Å². The average Bonchev–Trinajstić information content (AvgIpc) is 2.65. The summed E-state index contributed by atoms with van der Waals surface area (Å²) in [6.45, 7) is 6.86. The van der Waals surface area contributed by atoms with Crippen LogP contribution < -0.4 is 10.6 Å². The summed E-state index contributed by atoms with van der Waals surface area (Å²) in [5.74, 6) is 3.58. The third-order valence-corrected chi connectivity index (χ3v) is 8.11. The van der Waals surface area contributed by atoms with Gasteiger partial charge >= 0.3 is 0 Å².